The highest BCUT2D eigenvalue weighted by molar-refractivity contribution is 5.83. The summed E-state index contributed by atoms with van der Waals surface area (Å²) in [5, 5.41) is 3.25. The Bertz CT molecular complexity index is 639. The molecular formula is C20H27F3N2O2. The van der Waals surface area contributed by atoms with Crippen molar-refractivity contribution in [2.75, 3.05) is 26.8 Å². The number of hydrogen-bond acceptors (Lipinski definition) is 3. The van der Waals surface area contributed by atoms with Crippen LogP contribution in [0, 0.1) is 5.41 Å². The molecule has 1 aromatic rings. The van der Waals surface area contributed by atoms with Gasteiger partial charge in [0.05, 0.1) is 6.61 Å². The van der Waals surface area contributed by atoms with Gasteiger partial charge in [0, 0.05) is 30.5 Å². The Morgan fingerprint density at radius 1 is 1.30 bits per heavy atom. The Morgan fingerprint density at radius 2 is 1.93 bits per heavy atom. The van der Waals surface area contributed by atoms with Gasteiger partial charge < -0.3 is 15.0 Å². The molecule has 4 nitrogen and oxygen atoms in total. The molecule has 2 fully saturated rings. The molecule has 2 aliphatic rings. The molecule has 3 rings (SSSR count). The summed E-state index contributed by atoms with van der Waals surface area (Å²) >= 11 is 0. The van der Waals surface area contributed by atoms with Crippen LogP contribution in [0.5, 0.6) is 0 Å². The minimum absolute atomic E-state index is 0.0405. The predicted octanol–water partition coefficient (Wildman–Crippen LogP) is 3.34. The Labute approximate surface area is 158 Å². The Balaban J connectivity index is 1.89. The first-order chi connectivity index (χ1) is 12.8. The molecule has 7 heteroatoms. The smallest absolute Gasteiger partial charge is 0.384 e. The average Bonchev–Trinajstić information content (AvgIpc) is 3.43. The van der Waals surface area contributed by atoms with E-state index in [4.69, 9.17) is 4.74 Å². The fourth-order valence-electron chi connectivity index (χ4n) is 4.50. The van der Waals surface area contributed by atoms with Gasteiger partial charge in [0.25, 0.3) is 0 Å². The zero-order valence-electron chi connectivity index (χ0n) is 15.8. The van der Waals surface area contributed by atoms with Crippen molar-refractivity contribution in [1.29, 1.82) is 0 Å². The molecule has 1 N–H and O–H groups in total. The lowest BCUT2D eigenvalue weighted by molar-refractivity contribution is -0.192. The minimum atomic E-state index is -4.88. The summed E-state index contributed by atoms with van der Waals surface area (Å²) in [4.78, 5) is 13.5. The van der Waals surface area contributed by atoms with Crippen molar-refractivity contribution >= 4 is 5.91 Å². The number of nitrogens with one attached hydrogen (secondary N) is 1. The number of ether oxygens (including phenoxy) is 1. The highest BCUT2D eigenvalue weighted by Crippen LogP contribution is 2.49. The quantitative estimate of drug-likeness (QED) is 0.818. The summed E-state index contributed by atoms with van der Waals surface area (Å²) in [6, 6.07) is 8.51. The maximum atomic E-state index is 13.4. The molecule has 0 aromatic heterocycles. The average molecular weight is 384 g/mol. The topological polar surface area (TPSA) is 41.6 Å². The van der Waals surface area contributed by atoms with E-state index in [0.29, 0.717) is 39.0 Å². The molecule has 2 unspecified atom stereocenters. The number of carbonyl (C=O) groups excluding carboxylic acids is 1. The summed E-state index contributed by atoms with van der Waals surface area (Å²) in [6.07, 6.45) is -2.94. The first-order valence-corrected chi connectivity index (χ1v) is 9.44. The van der Waals surface area contributed by atoms with Gasteiger partial charge in [0.15, 0.2) is 0 Å². The third-order valence-electron chi connectivity index (χ3n) is 6.15. The van der Waals surface area contributed by atoms with Gasteiger partial charge in [0.2, 0.25) is 0 Å². The maximum Gasteiger partial charge on any atom is 0.471 e. The Morgan fingerprint density at radius 3 is 2.48 bits per heavy atom. The van der Waals surface area contributed by atoms with Crippen LogP contribution in [0.1, 0.15) is 37.7 Å². The number of carbonyl (C=O) groups is 1. The van der Waals surface area contributed by atoms with Crippen LogP contribution in [0.15, 0.2) is 30.3 Å². The summed E-state index contributed by atoms with van der Waals surface area (Å²) in [5.74, 6) is -1.77. The Kier molecular flexibility index (Phi) is 5.82. The van der Waals surface area contributed by atoms with Crippen LogP contribution < -0.4 is 5.32 Å². The van der Waals surface area contributed by atoms with Crippen molar-refractivity contribution in [3.63, 3.8) is 0 Å². The van der Waals surface area contributed by atoms with Gasteiger partial charge in [-0.05, 0) is 44.8 Å². The number of halogens is 3. The van der Waals surface area contributed by atoms with Gasteiger partial charge in [-0.3, -0.25) is 4.79 Å². The molecule has 27 heavy (non-hydrogen) atoms. The second-order valence-electron chi connectivity index (χ2n) is 7.75. The van der Waals surface area contributed by atoms with Gasteiger partial charge >= 0.3 is 12.1 Å². The molecule has 1 saturated heterocycles. The third-order valence-corrected chi connectivity index (χ3v) is 6.15. The van der Waals surface area contributed by atoms with E-state index in [9.17, 15) is 18.0 Å². The number of benzene rings is 1. The molecule has 150 valence electrons. The van der Waals surface area contributed by atoms with Crippen molar-refractivity contribution in [3.05, 3.63) is 35.9 Å². The van der Waals surface area contributed by atoms with Crippen LogP contribution in [0.3, 0.4) is 0 Å². The van der Waals surface area contributed by atoms with Gasteiger partial charge in [0.1, 0.15) is 0 Å². The molecule has 1 amide bonds. The van der Waals surface area contributed by atoms with Crippen LogP contribution in [0.4, 0.5) is 13.2 Å². The van der Waals surface area contributed by atoms with E-state index in [1.165, 1.54) is 0 Å². The van der Waals surface area contributed by atoms with E-state index >= 15 is 0 Å². The normalized spacial score (nSPS) is 25.7. The van der Waals surface area contributed by atoms with Crippen LogP contribution in [-0.2, 0) is 9.53 Å². The fourth-order valence-corrected chi connectivity index (χ4v) is 4.50. The summed E-state index contributed by atoms with van der Waals surface area (Å²) in [5.41, 5.74) is 0.519. The number of methoxy groups -OCH3 is 1. The monoisotopic (exact) mass is 384 g/mol. The number of rotatable bonds is 6. The molecule has 0 spiro atoms. The standard InChI is InChI=1S/C20H27F3N2O2/c1-14(19(13-27-2)8-10-24-11-9-19)25(18(26)20(21,22)23)17-12-16(17)15-6-4-3-5-7-15/h3-7,14,16-17,24H,8-13H2,1-2H3/t14?,16?,17-/m1/s1. The second kappa shape index (κ2) is 7.80. The van der Waals surface area contributed by atoms with E-state index in [0.717, 1.165) is 10.5 Å². The lowest BCUT2D eigenvalue weighted by Crippen LogP contribution is -2.58. The van der Waals surface area contributed by atoms with Crippen LogP contribution in [0.2, 0.25) is 0 Å². The zero-order valence-corrected chi connectivity index (χ0v) is 15.8. The summed E-state index contributed by atoms with van der Waals surface area (Å²) in [7, 11) is 1.57. The van der Waals surface area contributed by atoms with Crippen LogP contribution >= 0.6 is 0 Å². The van der Waals surface area contributed by atoms with E-state index in [1.807, 2.05) is 30.3 Å². The number of piperidine rings is 1. The van der Waals surface area contributed by atoms with Crippen LogP contribution in [-0.4, -0.2) is 55.9 Å². The van der Waals surface area contributed by atoms with E-state index in [2.05, 4.69) is 5.32 Å². The predicted molar refractivity (Wildman–Crippen MR) is 96.4 cm³/mol. The molecule has 1 saturated carbocycles. The molecule has 0 bridgehead atoms. The number of nitrogens with zero attached hydrogens (tertiary/aromatic N) is 1. The van der Waals surface area contributed by atoms with E-state index < -0.39 is 29.6 Å². The van der Waals surface area contributed by atoms with Crippen molar-refractivity contribution in [3.8, 4) is 0 Å². The summed E-state index contributed by atoms with van der Waals surface area (Å²) in [6.45, 7) is 3.54. The molecule has 0 radical (unpaired) electrons. The number of hydrogen-bond donors (Lipinski definition) is 1. The minimum Gasteiger partial charge on any atom is -0.384 e. The lowest BCUT2D eigenvalue weighted by Gasteiger charge is -2.47. The van der Waals surface area contributed by atoms with Crippen molar-refractivity contribution in [2.24, 2.45) is 5.41 Å². The first-order valence-electron chi connectivity index (χ1n) is 9.44. The highest BCUT2D eigenvalue weighted by Gasteiger charge is 2.56. The first kappa shape index (κ1) is 20.1. The zero-order chi connectivity index (χ0) is 19.7. The molecular weight excluding hydrogens is 357 g/mol. The second-order valence-corrected chi connectivity index (χ2v) is 7.75. The number of alkyl halides is 3. The fraction of sp³-hybridized carbons (Fsp3) is 0.650. The van der Waals surface area contributed by atoms with Crippen molar-refractivity contribution in [1.82, 2.24) is 10.2 Å². The Hall–Kier alpha value is -1.60. The highest BCUT2D eigenvalue weighted by atomic mass is 19.4. The van der Waals surface area contributed by atoms with Gasteiger partial charge in [-0.1, -0.05) is 30.3 Å². The van der Waals surface area contributed by atoms with Crippen molar-refractivity contribution in [2.45, 2.75) is 50.4 Å². The number of amides is 1. The van der Waals surface area contributed by atoms with Crippen molar-refractivity contribution < 1.29 is 22.7 Å². The third kappa shape index (κ3) is 4.14. The van der Waals surface area contributed by atoms with E-state index in [1.54, 1.807) is 14.0 Å². The molecule has 1 aromatic carbocycles. The molecule has 3 atom stereocenters. The lowest BCUT2D eigenvalue weighted by atomic mass is 9.73. The van der Waals surface area contributed by atoms with Gasteiger partial charge in [-0.25, -0.2) is 0 Å². The van der Waals surface area contributed by atoms with Crippen LogP contribution in [0.25, 0.3) is 0 Å². The summed E-state index contributed by atoms with van der Waals surface area (Å²) < 4.78 is 45.6. The molecule has 1 aliphatic heterocycles. The van der Waals surface area contributed by atoms with E-state index in [-0.39, 0.29) is 5.92 Å². The molecule has 1 aliphatic carbocycles. The van der Waals surface area contributed by atoms with Gasteiger partial charge in [-0.2, -0.15) is 13.2 Å². The molecule has 1 heterocycles. The SMILES string of the molecule is COCC1(C(C)N(C(=O)C(F)(F)F)[C@@H]2CC2c2ccccc2)CCNCC1. The maximum absolute atomic E-state index is 13.4. The van der Waals surface area contributed by atoms with Gasteiger partial charge in [-0.15, -0.1) is 0 Å². The largest absolute Gasteiger partial charge is 0.471 e.